The number of piperazine rings is 1. The van der Waals surface area contributed by atoms with Crippen molar-refractivity contribution in [3.8, 4) is 0 Å². The van der Waals surface area contributed by atoms with Crippen LogP contribution in [0.15, 0.2) is 0 Å². The van der Waals surface area contributed by atoms with Crippen LogP contribution in [0, 0.1) is 5.92 Å². The summed E-state index contributed by atoms with van der Waals surface area (Å²) in [7, 11) is 0. The Labute approximate surface area is 80.4 Å². The lowest BCUT2D eigenvalue weighted by atomic mass is 10.0. The molecule has 2 heterocycles. The van der Waals surface area contributed by atoms with Crippen LogP contribution in [0.25, 0.3) is 0 Å². The predicted octanol–water partition coefficient (Wildman–Crippen LogP) is 0.318. The quantitative estimate of drug-likeness (QED) is 0.669. The molecule has 0 aliphatic carbocycles. The van der Waals surface area contributed by atoms with Gasteiger partial charge in [0.2, 0.25) is 0 Å². The highest BCUT2D eigenvalue weighted by Crippen LogP contribution is 2.14. The van der Waals surface area contributed by atoms with Crippen LogP contribution in [0.1, 0.15) is 12.8 Å². The van der Waals surface area contributed by atoms with Crippen LogP contribution < -0.4 is 5.32 Å². The van der Waals surface area contributed by atoms with Crippen LogP contribution in [-0.4, -0.2) is 50.8 Å². The Morgan fingerprint density at radius 3 is 2.85 bits per heavy atom. The molecule has 0 aromatic rings. The van der Waals surface area contributed by atoms with Crippen LogP contribution in [0.4, 0.5) is 0 Å². The van der Waals surface area contributed by atoms with Crippen LogP contribution >= 0.6 is 0 Å². The molecule has 2 aliphatic heterocycles. The maximum absolute atomic E-state index is 5.48. The lowest BCUT2D eigenvalue weighted by Gasteiger charge is -2.32. The summed E-state index contributed by atoms with van der Waals surface area (Å²) < 4.78 is 5.48. The molecule has 1 N–H and O–H groups in total. The first-order valence-electron chi connectivity index (χ1n) is 5.46. The summed E-state index contributed by atoms with van der Waals surface area (Å²) in [6.45, 7) is 7.98. The van der Waals surface area contributed by atoms with Gasteiger partial charge in [0.1, 0.15) is 0 Å². The minimum atomic E-state index is 0.798. The number of ether oxygens (including phenoxy) is 1. The molecule has 1 atom stereocenters. The molecule has 1 unspecified atom stereocenters. The Morgan fingerprint density at radius 1 is 1.31 bits per heavy atom. The van der Waals surface area contributed by atoms with Crippen molar-refractivity contribution in [2.75, 3.05) is 45.9 Å². The Bertz CT molecular complexity index is 124. The monoisotopic (exact) mass is 184 g/mol. The molecule has 0 spiro atoms. The minimum Gasteiger partial charge on any atom is -0.381 e. The molecular formula is C10H20N2O. The molecule has 0 bridgehead atoms. The van der Waals surface area contributed by atoms with E-state index in [0.29, 0.717) is 0 Å². The molecule has 2 rings (SSSR count). The summed E-state index contributed by atoms with van der Waals surface area (Å²) in [6, 6.07) is 0. The fourth-order valence-corrected chi connectivity index (χ4v) is 2.21. The summed E-state index contributed by atoms with van der Waals surface area (Å²) in [4.78, 5) is 2.57. The molecule has 2 fully saturated rings. The van der Waals surface area contributed by atoms with Gasteiger partial charge in [0.05, 0.1) is 6.61 Å². The SMILES string of the molecule is C1COCC(CN2CCNCC2)C1. The number of nitrogens with zero attached hydrogens (tertiary/aromatic N) is 1. The minimum absolute atomic E-state index is 0.798. The van der Waals surface area contributed by atoms with Gasteiger partial charge in [0, 0.05) is 39.3 Å². The van der Waals surface area contributed by atoms with E-state index in [1.807, 2.05) is 0 Å². The Balaban J connectivity index is 1.69. The van der Waals surface area contributed by atoms with Gasteiger partial charge >= 0.3 is 0 Å². The third-order valence-electron chi connectivity index (χ3n) is 2.98. The molecule has 2 aliphatic rings. The molecule has 3 nitrogen and oxygen atoms in total. The van der Waals surface area contributed by atoms with Gasteiger partial charge in [0.15, 0.2) is 0 Å². The molecule has 0 amide bonds. The number of rotatable bonds is 2. The first kappa shape index (κ1) is 9.44. The largest absolute Gasteiger partial charge is 0.381 e. The van der Waals surface area contributed by atoms with E-state index in [-0.39, 0.29) is 0 Å². The second-order valence-corrected chi connectivity index (χ2v) is 4.13. The molecule has 2 saturated heterocycles. The van der Waals surface area contributed by atoms with Gasteiger partial charge in [-0.1, -0.05) is 0 Å². The van der Waals surface area contributed by atoms with E-state index in [4.69, 9.17) is 4.74 Å². The molecule has 0 aromatic heterocycles. The van der Waals surface area contributed by atoms with Crippen molar-refractivity contribution in [2.24, 2.45) is 5.92 Å². The first-order chi connectivity index (χ1) is 6.45. The van der Waals surface area contributed by atoms with Crippen molar-refractivity contribution in [1.82, 2.24) is 10.2 Å². The normalized spacial score (nSPS) is 31.8. The molecule has 0 radical (unpaired) electrons. The first-order valence-corrected chi connectivity index (χ1v) is 5.46. The van der Waals surface area contributed by atoms with E-state index in [0.717, 1.165) is 32.2 Å². The van der Waals surface area contributed by atoms with Gasteiger partial charge < -0.3 is 15.0 Å². The van der Waals surface area contributed by atoms with Crippen molar-refractivity contribution < 1.29 is 4.74 Å². The van der Waals surface area contributed by atoms with Gasteiger partial charge in [-0.15, -0.1) is 0 Å². The number of hydrogen-bond acceptors (Lipinski definition) is 3. The van der Waals surface area contributed by atoms with Gasteiger partial charge in [-0.05, 0) is 18.8 Å². The summed E-state index contributed by atoms with van der Waals surface area (Å²) in [5.41, 5.74) is 0. The average molecular weight is 184 g/mol. The Hall–Kier alpha value is -0.120. The maximum atomic E-state index is 5.48. The second kappa shape index (κ2) is 4.94. The molecule has 0 saturated carbocycles. The maximum Gasteiger partial charge on any atom is 0.0506 e. The standard InChI is InChI=1S/C10H20N2O/c1-2-10(9-13-7-1)8-12-5-3-11-4-6-12/h10-11H,1-9H2. The summed E-state index contributed by atoms with van der Waals surface area (Å²) in [6.07, 6.45) is 2.63. The van der Waals surface area contributed by atoms with Gasteiger partial charge in [-0.3, -0.25) is 0 Å². The summed E-state index contributed by atoms with van der Waals surface area (Å²) >= 11 is 0. The van der Waals surface area contributed by atoms with Gasteiger partial charge in [-0.2, -0.15) is 0 Å². The average Bonchev–Trinajstić information content (AvgIpc) is 2.21. The molecular weight excluding hydrogens is 164 g/mol. The fraction of sp³-hybridized carbons (Fsp3) is 1.00. The van der Waals surface area contributed by atoms with Gasteiger partial charge in [0.25, 0.3) is 0 Å². The molecule has 76 valence electrons. The zero-order chi connectivity index (χ0) is 8.93. The van der Waals surface area contributed by atoms with E-state index in [1.54, 1.807) is 0 Å². The van der Waals surface area contributed by atoms with E-state index in [2.05, 4.69) is 10.2 Å². The fourth-order valence-electron chi connectivity index (χ4n) is 2.21. The lowest BCUT2D eigenvalue weighted by Crippen LogP contribution is -2.46. The van der Waals surface area contributed by atoms with Crippen LogP contribution in [0.3, 0.4) is 0 Å². The topological polar surface area (TPSA) is 24.5 Å². The van der Waals surface area contributed by atoms with E-state index >= 15 is 0 Å². The molecule has 3 heteroatoms. The van der Waals surface area contributed by atoms with Crippen LogP contribution in [0.5, 0.6) is 0 Å². The summed E-state index contributed by atoms with van der Waals surface area (Å²) in [5.74, 6) is 0.798. The number of hydrogen-bond donors (Lipinski definition) is 1. The van der Waals surface area contributed by atoms with E-state index in [9.17, 15) is 0 Å². The highest BCUT2D eigenvalue weighted by atomic mass is 16.5. The Morgan fingerprint density at radius 2 is 2.15 bits per heavy atom. The highest BCUT2D eigenvalue weighted by Gasteiger charge is 2.18. The molecule has 0 aromatic carbocycles. The van der Waals surface area contributed by atoms with Crippen LogP contribution in [-0.2, 0) is 4.74 Å². The van der Waals surface area contributed by atoms with Crippen LogP contribution in [0.2, 0.25) is 0 Å². The van der Waals surface area contributed by atoms with E-state index < -0.39 is 0 Å². The van der Waals surface area contributed by atoms with Crippen molar-refractivity contribution >= 4 is 0 Å². The van der Waals surface area contributed by atoms with Crippen molar-refractivity contribution in [2.45, 2.75) is 12.8 Å². The van der Waals surface area contributed by atoms with Gasteiger partial charge in [-0.25, -0.2) is 0 Å². The Kier molecular flexibility index (Phi) is 3.58. The lowest BCUT2D eigenvalue weighted by molar-refractivity contribution is 0.0367. The third kappa shape index (κ3) is 2.93. The smallest absolute Gasteiger partial charge is 0.0506 e. The van der Waals surface area contributed by atoms with E-state index in [1.165, 1.54) is 32.5 Å². The zero-order valence-electron chi connectivity index (χ0n) is 8.30. The second-order valence-electron chi connectivity index (χ2n) is 4.13. The third-order valence-corrected chi connectivity index (χ3v) is 2.98. The predicted molar refractivity (Wildman–Crippen MR) is 52.9 cm³/mol. The molecule has 13 heavy (non-hydrogen) atoms. The van der Waals surface area contributed by atoms with Crippen molar-refractivity contribution in [3.63, 3.8) is 0 Å². The van der Waals surface area contributed by atoms with Crippen molar-refractivity contribution in [3.05, 3.63) is 0 Å². The number of nitrogens with one attached hydrogen (secondary N) is 1. The van der Waals surface area contributed by atoms with Crippen molar-refractivity contribution in [1.29, 1.82) is 0 Å². The highest BCUT2D eigenvalue weighted by molar-refractivity contribution is 4.73. The summed E-state index contributed by atoms with van der Waals surface area (Å²) in [5, 5.41) is 3.38. The zero-order valence-corrected chi connectivity index (χ0v) is 8.30.